The molecule has 100 valence electrons. The Balaban J connectivity index is 2.44. The van der Waals surface area contributed by atoms with Crippen LogP contribution in [0.15, 0.2) is 30.3 Å². The van der Waals surface area contributed by atoms with Gasteiger partial charge in [-0.05, 0) is 25.5 Å². The lowest BCUT2D eigenvalue weighted by molar-refractivity contribution is 0.0697. The maximum Gasteiger partial charge on any atom is 0.339 e. The van der Waals surface area contributed by atoms with Crippen molar-refractivity contribution in [3.63, 3.8) is 0 Å². The Bertz CT molecular complexity index is 596. The minimum atomic E-state index is -0.954. The lowest BCUT2D eigenvalue weighted by atomic mass is 10.1. The summed E-state index contributed by atoms with van der Waals surface area (Å²) in [5.41, 5.74) is 1.03. The number of nitrogens with zero attached hydrogens (tertiary/aromatic N) is 1. The fourth-order valence-corrected chi connectivity index (χ4v) is 2.13. The van der Waals surface area contributed by atoms with Crippen LogP contribution >= 0.6 is 0 Å². The summed E-state index contributed by atoms with van der Waals surface area (Å²) in [6.45, 7) is 4.14. The van der Waals surface area contributed by atoms with Gasteiger partial charge in [0.2, 0.25) is 0 Å². The van der Waals surface area contributed by atoms with E-state index in [4.69, 9.17) is 0 Å². The van der Waals surface area contributed by atoms with Crippen molar-refractivity contribution in [3.05, 3.63) is 35.9 Å². The number of rotatable bonds is 5. The molecule has 0 bridgehead atoms. The van der Waals surface area contributed by atoms with Gasteiger partial charge in [0.25, 0.3) is 0 Å². The van der Waals surface area contributed by atoms with E-state index < -0.39 is 5.97 Å². The van der Waals surface area contributed by atoms with Crippen molar-refractivity contribution < 1.29 is 9.90 Å². The molecule has 0 saturated carbocycles. The molecule has 1 unspecified atom stereocenters. The minimum Gasteiger partial charge on any atom is -0.478 e. The molecule has 0 fully saturated rings. The van der Waals surface area contributed by atoms with E-state index in [2.05, 4.69) is 17.2 Å². The van der Waals surface area contributed by atoms with Gasteiger partial charge in [0.1, 0.15) is 11.4 Å². The van der Waals surface area contributed by atoms with Gasteiger partial charge in [-0.1, -0.05) is 31.5 Å². The summed E-state index contributed by atoms with van der Waals surface area (Å²) in [5.74, 6) is -0.503. The lowest BCUT2D eigenvalue weighted by Gasteiger charge is -2.15. The average Bonchev–Trinajstić information content (AvgIpc) is 2.38. The van der Waals surface area contributed by atoms with Crippen molar-refractivity contribution in [1.82, 2.24) is 4.98 Å². The zero-order valence-corrected chi connectivity index (χ0v) is 11.2. The van der Waals surface area contributed by atoms with Crippen molar-refractivity contribution in [2.45, 2.75) is 32.7 Å². The molecule has 1 heterocycles. The zero-order valence-electron chi connectivity index (χ0n) is 11.2. The number of carboxylic acid groups (broad SMARTS) is 1. The van der Waals surface area contributed by atoms with Gasteiger partial charge in [-0.25, -0.2) is 9.78 Å². The zero-order chi connectivity index (χ0) is 13.8. The van der Waals surface area contributed by atoms with Crippen LogP contribution in [0.4, 0.5) is 5.82 Å². The molecule has 1 atom stereocenters. The summed E-state index contributed by atoms with van der Waals surface area (Å²) in [7, 11) is 0. The minimum absolute atomic E-state index is 0.205. The van der Waals surface area contributed by atoms with Gasteiger partial charge >= 0.3 is 5.97 Å². The van der Waals surface area contributed by atoms with Crippen LogP contribution in [-0.4, -0.2) is 22.1 Å². The van der Waals surface area contributed by atoms with Crippen LogP contribution in [0.1, 0.15) is 37.0 Å². The highest BCUT2D eigenvalue weighted by molar-refractivity contribution is 5.98. The number of benzene rings is 1. The summed E-state index contributed by atoms with van der Waals surface area (Å²) >= 11 is 0. The Hall–Kier alpha value is -2.10. The summed E-state index contributed by atoms with van der Waals surface area (Å²) in [4.78, 5) is 15.8. The number of pyridine rings is 1. The smallest absolute Gasteiger partial charge is 0.339 e. The van der Waals surface area contributed by atoms with E-state index in [1.54, 1.807) is 6.07 Å². The molecule has 2 rings (SSSR count). The third kappa shape index (κ3) is 3.02. The molecule has 0 aliphatic carbocycles. The Morgan fingerprint density at radius 1 is 1.42 bits per heavy atom. The Kier molecular flexibility index (Phi) is 4.00. The van der Waals surface area contributed by atoms with Crippen molar-refractivity contribution >= 4 is 22.7 Å². The van der Waals surface area contributed by atoms with Crippen molar-refractivity contribution in [2.24, 2.45) is 0 Å². The largest absolute Gasteiger partial charge is 0.478 e. The molecule has 0 spiro atoms. The predicted molar refractivity (Wildman–Crippen MR) is 76.7 cm³/mol. The van der Waals surface area contributed by atoms with E-state index >= 15 is 0 Å². The molecule has 2 N–H and O–H groups in total. The second-order valence-corrected chi connectivity index (χ2v) is 4.72. The molecule has 0 saturated heterocycles. The normalized spacial score (nSPS) is 12.3. The van der Waals surface area contributed by atoms with Gasteiger partial charge in [-0.2, -0.15) is 0 Å². The van der Waals surface area contributed by atoms with E-state index in [9.17, 15) is 9.90 Å². The SMILES string of the molecule is CCCC(C)Nc1nc2ccccc2cc1C(=O)O. The van der Waals surface area contributed by atoms with Gasteiger partial charge in [-0.3, -0.25) is 0 Å². The van der Waals surface area contributed by atoms with Crippen LogP contribution in [0.25, 0.3) is 10.9 Å². The van der Waals surface area contributed by atoms with Crippen LogP contribution in [0, 0.1) is 0 Å². The molecule has 0 radical (unpaired) electrons. The third-order valence-corrected chi connectivity index (χ3v) is 3.06. The average molecular weight is 258 g/mol. The number of para-hydroxylation sites is 1. The Labute approximate surface area is 112 Å². The van der Waals surface area contributed by atoms with Gasteiger partial charge in [0.15, 0.2) is 0 Å². The lowest BCUT2D eigenvalue weighted by Crippen LogP contribution is -2.18. The number of fused-ring (bicyclic) bond motifs is 1. The van der Waals surface area contributed by atoms with Gasteiger partial charge in [0.05, 0.1) is 5.52 Å². The number of carbonyl (C=O) groups is 1. The van der Waals surface area contributed by atoms with Crippen molar-refractivity contribution in [1.29, 1.82) is 0 Å². The molecule has 1 aromatic carbocycles. The number of aromatic nitrogens is 1. The highest BCUT2D eigenvalue weighted by Gasteiger charge is 2.14. The highest BCUT2D eigenvalue weighted by atomic mass is 16.4. The molecule has 0 aliphatic rings. The van der Waals surface area contributed by atoms with Crippen LogP contribution < -0.4 is 5.32 Å². The molecule has 1 aromatic heterocycles. The number of anilines is 1. The maximum atomic E-state index is 11.3. The van der Waals surface area contributed by atoms with E-state index in [1.165, 1.54) is 0 Å². The number of hydrogen-bond acceptors (Lipinski definition) is 3. The number of carboxylic acids is 1. The number of nitrogens with one attached hydrogen (secondary N) is 1. The number of aromatic carboxylic acids is 1. The van der Waals surface area contributed by atoms with Crippen molar-refractivity contribution in [3.8, 4) is 0 Å². The Morgan fingerprint density at radius 3 is 2.84 bits per heavy atom. The first-order chi connectivity index (χ1) is 9.11. The highest BCUT2D eigenvalue weighted by Crippen LogP contribution is 2.21. The quantitative estimate of drug-likeness (QED) is 0.861. The van der Waals surface area contributed by atoms with Gasteiger partial charge in [-0.15, -0.1) is 0 Å². The van der Waals surface area contributed by atoms with Gasteiger partial charge < -0.3 is 10.4 Å². The molecular weight excluding hydrogens is 240 g/mol. The molecule has 2 aromatic rings. The summed E-state index contributed by atoms with van der Waals surface area (Å²) in [5, 5.41) is 13.3. The van der Waals surface area contributed by atoms with E-state index in [0.29, 0.717) is 5.82 Å². The molecular formula is C15H18N2O2. The van der Waals surface area contributed by atoms with E-state index in [1.807, 2.05) is 31.2 Å². The first-order valence-electron chi connectivity index (χ1n) is 6.51. The molecule has 19 heavy (non-hydrogen) atoms. The van der Waals surface area contributed by atoms with Crippen LogP contribution in [0.2, 0.25) is 0 Å². The maximum absolute atomic E-state index is 11.3. The predicted octanol–water partition coefficient (Wildman–Crippen LogP) is 3.53. The number of hydrogen-bond donors (Lipinski definition) is 2. The van der Waals surface area contributed by atoms with Crippen LogP contribution in [0.3, 0.4) is 0 Å². The fourth-order valence-electron chi connectivity index (χ4n) is 2.13. The summed E-state index contributed by atoms with van der Waals surface area (Å²) < 4.78 is 0. The molecule has 0 amide bonds. The second-order valence-electron chi connectivity index (χ2n) is 4.72. The first kappa shape index (κ1) is 13.3. The van der Waals surface area contributed by atoms with E-state index in [-0.39, 0.29) is 11.6 Å². The first-order valence-corrected chi connectivity index (χ1v) is 6.51. The van der Waals surface area contributed by atoms with Crippen molar-refractivity contribution in [2.75, 3.05) is 5.32 Å². The molecule has 0 aliphatic heterocycles. The van der Waals surface area contributed by atoms with Crippen LogP contribution in [-0.2, 0) is 0 Å². The Morgan fingerprint density at radius 2 is 2.16 bits per heavy atom. The second kappa shape index (κ2) is 5.69. The summed E-state index contributed by atoms with van der Waals surface area (Å²) in [6.07, 6.45) is 2.03. The monoisotopic (exact) mass is 258 g/mol. The topological polar surface area (TPSA) is 62.2 Å². The van der Waals surface area contributed by atoms with Gasteiger partial charge in [0, 0.05) is 11.4 Å². The molecule has 4 nitrogen and oxygen atoms in total. The standard InChI is InChI=1S/C15H18N2O2/c1-3-6-10(2)16-14-12(15(18)19)9-11-7-4-5-8-13(11)17-14/h4-5,7-10H,3,6H2,1-2H3,(H,16,17)(H,18,19). The third-order valence-electron chi connectivity index (χ3n) is 3.06. The van der Waals surface area contributed by atoms with E-state index in [0.717, 1.165) is 23.7 Å². The summed E-state index contributed by atoms with van der Waals surface area (Å²) in [6, 6.07) is 9.41. The van der Waals surface area contributed by atoms with Crippen LogP contribution in [0.5, 0.6) is 0 Å². The molecule has 4 heteroatoms. The fraction of sp³-hybridized carbons (Fsp3) is 0.333.